The SMILES string of the molecule is N=C1N=C2N=CC([N+](=O)[O-])=CC2C(=O)N1. The number of amides is 1. The van der Waals surface area contributed by atoms with Gasteiger partial charge in [-0.25, -0.2) is 4.99 Å². The summed E-state index contributed by atoms with van der Waals surface area (Å²) in [5, 5.41) is 19.7. The maximum absolute atomic E-state index is 11.3. The van der Waals surface area contributed by atoms with Crippen molar-refractivity contribution in [3.63, 3.8) is 0 Å². The predicted molar refractivity (Wildman–Crippen MR) is 50.4 cm³/mol. The van der Waals surface area contributed by atoms with Crippen molar-refractivity contribution in [3.05, 3.63) is 21.9 Å². The van der Waals surface area contributed by atoms with Crippen molar-refractivity contribution in [1.29, 1.82) is 5.41 Å². The number of carbonyl (C=O) groups excluding carboxylic acids is 1. The number of nitrogens with one attached hydrogen (secondary N) is 2. The number of guanidine groups is 1. The first-order chi connectivity index (χ1) is 7.08. The average molecular weight is 207 g/mol. The Hall–Kier alpha value is -2.38. The van der Waals surface area contributed by atoms with E-state index < -0.39 is 16.7 Å². The number of amidine groups is 1. The van der Waals surface area contributed by atoms with E-state index in [9.17, 15) is 14.9 Å². The van der Waals surface area contributed by atoms with Crippen LogP contribution in [-0.4, -0.2) is 28.8 Å². The Labute approximate surface area is 83.1 Å². The Morgan fingerprint density at radius 1 is 1.60 bits per heavy atom. The Kier molecular flexibility index (Phi) is 1.89. The number of carbonyl (C=O) groups is 1. The van der Waals surface area contributed by atoms with E-state index in [0.717, 1.165) is 12.3 Å². The summed E-state index contributed by atoms with van der Waals surface area (Å²) >= 11 is 0. The van der Waals surface area contributed by atoms with Gasteiger partial charge >= 0.3 is 0 Å². The second kappa shape index (κ2) is 3.08. The average Bonchev–Trinajstić information content (AvgIpc) is 2.16. The number of nitro groups is 1. The third-order valence-electron chi connectivity index (χ3n) is 1.91. The van der Waals surface area contributed by atoms with E-state index in [1.54, 1.807) is 0 Å². The number of hydrogen-bond acceptors (Lipinski definition) is 5. The number of allylic oxidation sites excluding steroid dienone is 1. The number of hydrogen-bond donors (Lipinski definition) is 2. The molecule has 2 heterocycles. The van der Waals surface area contributed by atoms with Crippen LogP contribution < -0.4 is 5.32 Å². The molecule has 0 saturated carbocycles. The number of rotatable bonds is 1. The smallest absolute Gasteiger partial charge is 0.284 e. The van der Waals surface area contributed by atoms with Gasteiger partial charge in [-0.3, -0.25) is 25.6 Å². The quantitative estimate of drug-likeness (QED) is 0.437. The van der Waals surface area contributed by atoms with E-state index in [1.165, 1.54) is 0 Å². The van der Waals surface area contributed by atoms with Crippen LogP contribution in [0.15, 0.2) is 21.8 Å². The molecule has 15 heavy (non-hydrogen) atoms. The molecule has 1 atom stereocenters. The summed E-state index contributed by atoms with van der Waals surface area (Å²) < 4.78 is 0. The molecule has 8 heteroatoms. The molecule has 0 aliphatic carbocycles. The summed E-state index contributed by atoms with van der Waals surface area (Å²) in [6.45, 7) is 0. The summed E-state index contributed by atoms with van der Waals surface area (Å²) in [6, 6.07) is 0. The first-order valence-electron chi connectivity index (χ1n) is 3.96. The molecule has 2 aliphatic heterocycles. The summed E-state index contributed by atoms with van der Waals surface area (Å²) in [6.07, 6.45) is 2.18. The summed E-state index contributed by atoms with van der Waals surface area (Å²) in [5.74, 6) is -1.60. The van der Waals surface area contributed by atoms with Crippen LogP contribution in [0.5, 0.6) is 0 Å². The van der Waals surface area contributed by atoms with Crippen molar-refractivity contribution in [2.45, 2.75) is 0 Å². The van der Waals surface area contributed by atoms with Gasteiger partial charge in [-0.1, -0.05) is 0 Å². The Bertz CT molecular complexity index is 461. The normalized spacial score (nSPS) is 23.9. The Morgan fingerprint density at radius 2 is 2.33 bits per heavy atom. The molecular weight excluding hydrogens is 202 g/mol. The topological polar surface area (TPSA) is 121 Å². The van der Waals surface area contributed by atoms with E-state index in [1.807, 2.05) is 0 Å². The highest BCUT2D eigenvalue weighted by molar-refractivity contribution is 6.20. The molecule has 1 amide bonds. The van der Waals surface area contributed by atoms with E-state index in [0.29, 0.717) is 0 Å². The van der Waals surface area contributed by atoms with Gasteiger partial charge < -0.3 is 0 Å². The predicted octanol–water partition coefficient (Wildman–Crippen LogP) is -0.689. The molecule has 2 rings (SSSR count). The number of nitrogens with zero attached hydrogens (tertiary/aromatic N) is 3. The molecule has 76 valence electrons. The minimum atomic E-state index is -0.871. The van der Waals surface area contributed by atoms with Crippen LogP contribution in [0.2, 0.25) is 0 Å². The van der Waals surface area contributed by atoms with Crippen molar-refractivity contribution in [1.82, 2.24) is 5.32 Å². The molecule has 0 aromatic rings. The third kappa shape index (κ3) is 1.52. The lowest BCUT2D eigenvalue weighted by atomic mass is 10.0. The van der Waals surface area contributed by atoms with Crippen LogP contribution in [0.25, 0.3) is 0 Å². The first kappa shape index (κ1) is 9.19. The van der Waals surface area contributed by atoms with E-state index in [4.69, 9.17) is 5.41 Å². The van der Waals surface area contributed by atoms with Gasteiger partial charge in [0.25, 0.3) is 5.70 Å². The lowest BCUT2D eigenvalue weighted by molar-refractivity contribution is -0.414. The zero-order chi connectivity index (χ0) is 11.0. The van der Waals surface area contributed by atoms with Gasteiger partial charge in [0.15, 0.2) is 0 Å². The second-order valence-corrected chi connectivity index (χ2v) is 2.89. The maximum atomic E-state index is 11.3. The molecule has 0 aromatic carbocycles. The highest BCUT2D eigenvalue weighted by atomic mass is 16.6. The number of dihydropyridines is 1. The fourth-order valence-corrected chi connectivity index (χ4v) is 1.24. The van der Waals surface area contributed by atoms with Gasteiger partial charge in [-0.15, -0.1) is 0 Å². The lowest BCUT2D eigenvalue weighted by Crippen LogP contribution is -2.43. The number of fused-ring (bicyclic) bond motifs is 1. The molecule has 0 spiro atoms. The van der Waals surface area contributed by atoms with Crippen LogP contribution in [0, 0.1) is 21.4 Å². The highest BCUT2D eigenvalue weighted by Crippen LogP contribution is 2.15. The van der Waals surface area contributed by atoms with Gasteiger partial charge in [0, 0.05) is 6.08 Å². The van der Waals surface area contributed by atoms with Crippen molar-refractivity contribution >= 4 is 23.9 Å². The van der Waals surface area contributed by atoms with Crippen molar-refractivity contribution in [2.24, 2.45) is 15.9 Å². The van der Waals surface area contributed by atoms with Crippen LogP contribution >= 0.6 is 0 Å². The molecule has 0 aromatic heterocycles. The zero-order valence-electron chi connectivity index (χ0n) is 7.30. The molecular formula is C7H5N5O3. The first-order valence-corrected chi connectivity index (χ1v) is 3.96. The molecule has 2 aliphatic rings. The zero-order valence-corrected chi connectivity index (χ0v) is 7.30. The summed E-state index contributed by atoms with van der Waals surface area (Å²) in [7, 11) is 0. The molecule has 0 saturated heterocycles. The minimum absolute atomic E-state index is 0.106. The molecule has 2 N–H and O–H groups in total. The van der Waals surface area contributed by atoms with Crippen LogP contribution in [0.3, 0.4) is 0 Å². The standard InChI is InChI=1S/C7H5N5O3/c8-7-10-5-4(6(13)11-7)1-3(2-9-5)12(14)15/h1-2,4H,(H2,8,11,13). The Morgan fingerprint density at radius 3 is 3.00 bits per heavy atom. The van der Waals surface area contributed by atoms with Crippen molar-refractivity contribution in [2.75, 3.05) is 0 Å². The third-order valence-corrected chi connectivity index (χ3v) is 1.91. The molecule has 1 unspecified atom stereocenters. The van der Waals surface area contributed by atoms with Gasteiger partial charge in [0.05, 0.1) is 4.92 Å². The maximum Gasteiger partial charge on any atom is 0.284 e. The summed E-state index contributed by atoms with van der Waals surface area (Å²) in [4.78, 5) is 28.5. The highest BCUT2D eigenvalue weighted by Gasteiger charge is 2.32. The molecule has 0 radical (unpaired) electrons. The van der Waals surface area contributed by atoms with E-state index in [-0.39, 0.29) is 17.5 Å². The van der Waals surface area contributed by atoms with E-state index >= 15 is 0 Å². The van der Waals surface area contributed by atoms with E-state index in [2.05, 4.69) is 15.3 Å². The van der Waals surface area contributed by atoms with Crippen molar-refractivity contribution < 1.29 is 9.72 Å². The van der Waals surface area contributed by atoms with Crippen molar-refractivity contribution in [3.8, 4) is 0 Å². The van der Waals surface area contributed by atoms with Crippen LogP contribution in [0.4, 0.5) is 0 Å². The fraction of sp³-hybridized carbons (Fsp3) is 0.143. The monoisotopic (exact) mass is 207 g/mol. The minimum Gasteiger partial charge on any atom is -0.294 e. The summed E-state index contributed by atoms with van der Waals surface area (Å²) in [5.41, 5.74) is -0.248. The second-order valence-electron chi connectivity index (χ2n) is 2.89. The van der Waals surface area contributed by atoms with Gasteiger partial charge in [-0.2, -0.15) is 4.99 Å². The van der Waals surface area contributed by atoms with Gasteiger partial charge in [0.2, 0.25) is 11.9 Å². The lowest BCUT2D eigenvalue weighted by Gasteiger charge is -2.18. The largest absolute Gasteiger partial charge is 0.294 e. The molecule has 8 nitrogen and oxygen atoms in total. The fourth-order valence-electron chi connectivity index (χ4n) is 1.24. The number of aliphatic imine (C=N–C) groups is 2. The van der Waals surface area contributed by atoms with Gasteiger partial charge in [-0.05, 0) is 0 Å². The van der Waals surface area contributed by atoms with Crippen LogP contribution in [-0.2, 0) is 4.79 Å². The van der Waals surface area contributed by atoms with Gasteiger partial charge in [0.1, 0.15) is 18.0 Å². The Balaban J connectivity index is 2.41. The molecule has 0 bridgehead atoms. The van der Waals surface area contributed by atoms with Crippen LogP contribution in [0.1, 0.15) is 0 Å². The molecule has 0 fully saturated rings.